The molecule has 2 amide bonds. The van der Waals surface area contributed by atoms with Crippen LogP contribution in [0.1, 0.15) is 5.56 Å². The van der Waals surface area contributed by atoms with E-state index in [4.69, 9.17) is 10.5 Å². The molecule has 102 valence electrons. The molecule has 6 heteroatoms. The molecule has 1 aliphatic heterocycles. The van der Waals surface area contributed by atoms with Gasteiger partial charge in [0, 0.05) is 13.1 Å². The summed E-state index contributed by atoms with van der Waals surface area (Å²) in [5.74, 6) is -1.22. The molecule has 6 nitrogen and oxygen atoms in total. The maximum atomic E-state index is 11.9. The Morgan fingerprint density at radius 2 is 2.00 bits per heavy atom. The summed E-state index contributed by atoms with van der Waals surface area (Å²) in [7, 11) is 0. The van der Waals surface area contributed by atoms with Crippen LogP contribution in [0.15, 0.2) is 18.2 Å². The van der Waals surface area contributed by atoms with E-state index < -0.39 is 11.8 Å². The number of benzene rings is 1. The summed E-state index contributed by atoms with van der Waals surface area (Å²) in [6, 6.07) is 5.28. The van der Waals surface area contributed by atoms with Crippen molar-refractivity contribution in [1.82, 2.24) is 4.90 Å². The van der Waals surface area contributed by atoms with E-state index in [1.54, 1.807) is 12.1 Å². The third-order valence-corrected chi connectivity index (χ3v) is 2.95. The van der Waals surface area contributed by atoms with E-state index in [-0.39, 0.29) is 0 Å². The number of amides is 2. The van der Waals surface area contributed by atoms with Crippen LogP contribution in [0, 0.1) is 6.92 Å². The zero-order chi connectivity index (χ0) is 13.8. The Hall–Kier alpha value is -2.08. The number of nitrogens with one attached hydrogen (secondary N) is 1. The Balaban J connectivity index is 2.03. The third kappa shape index (κ3) is 3.23. The average Bonchev–Trinajstić information content (AvgIpc) is 2.43. The number of anilines is 2. The monoisotopic (exact) mass is 263 g/mol. The Bertz CT molecular complexity index is 496. The summed E-state index contributed by atoms with van der Waals surface area (Å²) in [6.07, 6.45) is 0. The molecule has 1 fully saturated rings. The summed E-state index contributed by atoms with van der Waals surface area (Å²) in [4.78, 5) is 25.3. The number of rotatable bonds is 1. The lowest BCUT2D eigenvalue weighted by molar-refractivity contribution is -0.145. The highest BCUT2D eigenvalue weighted by atomic mass is 16.5. The molecule has 1 aromatic rings. The number of morpholine rings is 1. The van der Waals surface area contributed by atoms with E-state index in [2.05, 4.69) is 5.32 Å². The number of aryl methyl sites for hydroxylation is 1. The molecular formula is C13H17N3O3. The number of nitrogens with two attached hydrogens (primary N) is 1. The molecule has 3 N–H and O–H groups in total. The highest BCUT2D eigenvalue weighted by Crippen LogP contribution is 2.19. The molecule has 0 spiro atoms. The van der Waals surface area contributed by atoms with Crippen molar-refractivity contribution in [2.45, 2.75) is 6.92 Å². The topological polar surface area (TPSA) is 84.7 Å². The fourth-order valence-corrected chi connectivity index (χ4v) is 1.86. The zero-order valence-corrected chi connectivity index (χ0v) is 10.8. The largest absolute Gasteiger partial charge is 0.397 e. The molecule has 0 radical (unpaired) electrons. The van der Waals surface area contributed by atoms with Crippen molar-refractivity contribution in [2.75, 3.05) is 37.4 Å². The summed E-state index contributed by atoms with van der Waals surface area (Å²) < 4.78 is 5.14. The fraction of sp³-hybridized carbons (Fsp3) is 0.385. The molecule has 1 aliphatic rings. The molecule has 0 aliphatic carbocycles. The second-order valence-electron chi connectivity index (χ2n) is 4.45. The van der Waals surface area contributed by atoms with Crippen molar-refractivity contribution >= 4 is 23.2 Å². The van der Waals surface area contributed by atoms with Gasteiger partial charge < -0.3 is 20.7 Å². The lowest BCUT2D eigenvalue weighted by atomic mass is 10.2. The van der Waals surface area contributed by atoms with Gasteiger partial charge in [-0.25, -0.2) is 0 Å². The van der Waals surface area contributed by atoms with E-state index in [1.807, 2.05) is 13.0 Å². The number of nitrogens with zero attached hydrogens (tertiary/aromatic N) is 1. The molecule has 1 aromatic carbocycles. The molecule has 1 saturated heterocycles. The summed E-state index contributed by atoms with van der Waals surface area (Å²) in [5.41, 5.74) is 7.62. The van der Waals surface area contributed by atoms with Crippen molar-refractivity contribution in [3.05, 3.63) is 23.8 Å². The zero-order valence-electron chi connectivity index (χ0n) is 10.8. The number of carbonyl (C=O) groups excluding carboxylic acids is 2. The number of carbonyl (C=O) groups is 2. The van der Waals surface area contributed by atoms with Crippen LogP contribution in [0.3, 0.4) is 0 Å². The maximum absolute atomic E-state index is 11.9. The van der Waals surface area contributed by atoms with Crippen molar-refractivity contribution in [3.8, 4) is 0 Å². The highest BCUT2D eigenvalue weighted by molar-refractivity contribution is 6.39. The van der Waals surface area contributed by atoms with Crippen LogP contribution >= 0.6 is 0 Å². The predicted octanol–water partition coefficient (Wildman–Crippen LogP) is 0.375. The summed E-state index contributed by atoms with van der Waals surface area (Å²) in [5, 5.41) is 2.55. The number of ether oxygens (including phenoxy) is 1. The van der Waals surface area contributed by atoms with Gasteiger partial charge in [0.25, 0.3) is 0 Å². The first-order valence-electron chi connectivity index (χ1n) is 6.12. The SMILES string of the molecule is Cc1ccc(N)c(NC(=O)C(=O)N2CCOCC2)c1. The van der Waals surface area contributed by atoms with Gasteiger partial charge in [-0.05, 0) is 24.6 Å². The van der Waals surface area contributed by atoms with E-state index in [0.29, 0.717) is 37.7 Å². The standard InChI is InChI=1S/C13H17N3O3/c1-9-2-3-10(14)11(8-9)15-12(17)13(18)16-4-6-19-7-5-16/h2-3,8H,4-7,14H2,1H3,(H,15,17). The van der Waals surface area contributed by atoms with Gasteiger partial charge in [0.05, 0.1) is 24.6 Å². The van der Waals surface area contributed by atoms with Crippen molar-refractivity contribution in [1.29, 1.82) is 0 Å². The van der Waals surface area contributed by atoms with Gasteiger partial charge in [0.2, 0.25) is 0 Å². The van der Waals surface area contributed by atoms with Crippen LogP contribution in [0.4, 0.5) is 11.4 Å². The molecule has 0 aromatic heterocycles. The minimum absolute atomic E-state index is 0.439. The minimum atomic E-state index is -0.667. The van der Waals surface area contributed by atoms with E-state index in [9.17, 15) is 9.59 Å². The Morgan fingerprint density at radius 3 is 2.68 bits per heavy atom. The second-order valence-corrected chi connectivity index (χ2v) is 4.45. The molecule has 0 saturated carbocycles. The van der Waals surface area contributed by atoms with Crippen LogP contribution in [0.5, 0.6) is 0 Å². The number of hydrogen-bond acceptors (Lipinski definition) is 4. The van der Waals surface area contributed by atoms with Gasteiger partial charge in [-0.2, -0.15) is 0 Å². The van der Waals surface area contributed by atoms with Gasteiger partial charge in [-0.15, -0.1) is 0 Å². The molecule has 2 rings (SSSR count). The first-order chi connectivity index (χ1) is 9.08. The quantitative estimate of drug-likeness (QED) is 0.566. The Labute approximate surface area is 111 Å². The van der Waals surface area contributed by atoms with Crippen molar-refractivity contribution < 1.29 is 14.3 Å². The Kier molecular flexibility index (Phi) is 4.01. The van der Waals surface area contributed by atoms with Gasteiger partial charge >= 0.3 is 11.8 Å². The van der Waals surface area contributed by atoms with Crippen molar-refractivity contribution in [3.63, 3.8) is 0 Å². The van der Waals surface area contributed by atoms with Crippen LogP contribution in [-0.4, -0.2) is 43.0 Å². The van der Waals surface area contributed by atoms with Crippen LogP contribution < -0.4 is 11.1 Å². The molecule has 19 heavy (non-hydrogen) atoms. The fourth-order valence-electron chi connectivity index (χ4n) is 1.86. The van der Waals surface area contributed by atoms with Gasteiger partial charge in [-0.1, -0.05) is 6.07 Å². The third-order valence-electron chi connectivity index (χ3n) is 2.95. The van der Waals surface area contributed by atoms with E-state index in [0.717, 1.165) is 5.56 Å². The smallest absolute Gasteiger partial charge is 0.313 e. The number of nitrogen functional groups attached to an aromatic ring is 1. The summed E-state index contributed by atoms with van der Waals surface area (Å²) >= 11 is 0. The maximum Gasteiger partial charge on any atom is 0.313 e. The van der Waals surface area contributed by atoms with Crippen LogP contribution in [0.25, 0.3) is 0 Å². The van der Waals surface area contributed by atoms with E-state index in [1.165, 1.54) is 4.90 Å². The molecule has 0 bridgehead atoms. The lowest BCUT2D eigenvalue weighted by Crippen LogP contribution is -2.45. The lowest BCUT2D eigenvalue weighted by Gasteiger charge is -2.26. The first-order valence-corrected chi connectivity index (χ1v) is 6.12. The number of hydrogen-bond donors (Lipinski definition) is 2. The minimum Gasteiger partial charge on any atom is -0.397 e. The molecule has 1 heterocycles. The second kappa shape index (κ2) is 5.71. The van der Waals surface area contributed by atoms with Crippen LogP contribution in [0.2, 0.25) is 0 Å². The van der Waals surface area contributed by atoms with Crippen LogP contribution in [-0.2, 0) is 14.3 Å². The van der Waals surface area contributed by atoms with Gasteiger partial charge in [0.15, 0.2) is 0 Å². The summed E-state index contributed by atoms with van der Waals surface area (Å²) in [6.45, 7) is 3.70. The average molecular weight is 263 g/mol. The Morgan fingerprint density at radius 1 is 1.32 bits per heavy atom. The van der Waals surface area contributed by atoms with Crippen molar-refractivity contribution in [2.24, 2.45) is 0 Å². The molecule has 0 atom stereocenters. The molecule has 0 unspecified atom stereocenters. The highest BCUT2D eigenvalue weighted by Gasteiger charge is 2.24. The van der Waals surface area contributed by atoms with Gasteiger partial charge in [-0.3, -0.25) is 9.59 Å². The normalized spacial score (nSPS) is 15.1. The van der Waals surface area contributed by atoms with Gasteiger partial charge in [0.1, 0.15) is 0 Å². The van der Waals surface area contributed by atoms with E-state index >= 15 is 0 Å². The first kappa shape index (κ1) is 13.4. The molecular weight excluding hydrogens is 246 g/mol. The predicted molar refractivity (Wildman–Crippen MR) is 71.6 cm³/mol.